The Morgan fingerprint density at radius 1 is 0.647 bits per heavy atom. The van der Waals surface area contributed by atoms with Crippen LogP contribution in [0.4, 0.5) is 11.6 Å². The number of benzene rings is 2. The van der Waals surface area contributed by atoms with Crippen LogP contribution in [-0.4, -0.2) is 104 Å². The van der Waals surface area contributed by atoms with Gasteiger partial charge in [0.15, 0.2) is 23.0 Å². The number of phenols is 2. The van der Waals surface area contributed by atoms with E-state index in [0.29, 0.717) is 46.8 Å². The lowest BCUT2D eigenvalue weighted by molar-refractivity contribution is -0.0948. The van der Waals surface area contributed by atoms with Gasteiger partial charge < -0.3 is 39.0 Å². The molecule has 0 aliphatic carbocycles. The molecule has 274 valence electrons. The molecule has 2 aromatic carbocycles. The van der Waals surface area contributed by atoms with E-state index in [9.17, 15) is 27.0 Å². The van der Waals surface area contributed by atoms with Crippen LogP contribution in [0.15, 0.2) is 60.9 Å². The van der Waals surface area contributed by atoms with Gasteiger partial charge in [-0.1, -0.05) is 0 Å². The Balaban J connectivity index is 1.53. The smallest absolute Gasteiger partial charge is 0.301 e. The monoisotopic (exact) mass is 746 g/mol. The van der Waals surface area contributed by atoms with E-state index in [1.54, 1.807) is 47.5 Å². The Labute approximate surface area is 296 Å². The molecule has 0 radical (unpaired) electrons. The van der Waals surface area contributed by atoms with Crippen molar-refractivity contribution in [1.29, 1.82) is 0 Å². The minimum Gasteiger partial charge on any atom is -0.504 e. The highest BCUT2D eigenvalue weighted by atomic mass is 32.2. The fourth-order valence-corrected chi connectivity index (χ4v) is 7.13. The summed E-state index contributed by atoms with van der Waals surface area (Å²) in [5, 5.41) is 20.9. The summed E-state index contributed by atoms with van der Waals surface area (Å²) in [4.78, 5) is 12.1. The number of nitrogens with zero attached hydrogens (tertiary/aromatic N) is 4. The highest BCUT2D eigenvalue weighted by Gasteiger charge is 2.50. The average molecular weight is 747 g/mol. The van der Waals surface area contributed by atoms with Gasteiger partial charge in [0.1, 0.15) is 11.6 Å². The second-order valence-electron chi connectivity index (χ2n) is 11.5. The third-order valence-corrected chi connectivity index (χ3v) is 8.98. The van der Waals surface area contributed by atoms with E-state index < -0.39 is 32.7 Å². The van der Waals surface area contributed by atoms with E-state index in [1.807, 2.05) is 0 Å². The van der Waals surface area contributed by atoms with Crippen LogP contribution in [0.3, 0.4) is 0 Å². The van der Waals surface area contributed by atoms with Crippen LogP contribution in [0.2, 0.25) is 0 Å². The molecule has 3 heterocycles. The molecule has 5 rings (SSSR count). The van der Waals surface area contributed by atoms with Crippen molar-refractivity contribution in [3.63, 3.8) is 0 Å². The Morgan fingerprint density at radius 2 is 1.12 bits per heavy atom. The molecule has 2 aromatic heterocycles. The minimum absolute atomic E-state index is 0.0635. The Hall–Kier alpha value is -5.04. The fourth-order valence-electron chi connectivity index (χ4n) is 5.79. The first-order valence-electron chi connectivity index (χ1n) is 15.3. The normalized spacial score (nSPS) is 14.9. The van der Waals surface area contributed by atoms with Gasteiger partial charge in [0.05, 0.1) is 47.5 Å². The van der Waals surface area contributed by atoms with E-state index in [2.05, 4.69) is 9.97 Å². The molecule has 1 saturated heterocycles. The maximum atomic E-state index is 12.8. The quantitative estimate of drug-likeness (QED) is 0.158. The lowest BCUT2D eigenvalue weighted by Crippen LogP contribution is -2.60. The van der Waals surface area contributed by atoms with Crippen LogP contribution < -0.4 is 28.7 Å². The number of aromatic hydroxyl groups is 2. The van der Waals surface area contributed by atoms with Crippen LogP contribution in [-0.2, 0) is 28.6 Å². The fraction of sp³-hybridized carbons (Fsp3) is 0.333. The summed E-state index contributed by atoms with van der Waals surface area (Å²) < 4.78 is 83.3. The first-order valence-corrected chi connectivity index (χ1v) is 18.9. The zero-order valence-electron chi connectivity index (χ0n) is 28.7. The molecule has 0 bridgehead atoms. The highest BCUT2D eigenvalue weighted by molar-refractivity contribution is 7.86. The molecule has 4 aromatic rings. The van der Waals surface area contributed by atoms with E-state index in [0.717, 1.165) is 12.5 Å². The summed E-state index contributed by atoms with van der Waals surface area (Å²) in [7, 11) is -3.01. The minimum atomic E-state index is -4.35. The summed E-state index contributed by atoms with van der Waals surface area (Å²) in [6, 6.07) is 12.9. The second kappa shape index (κ2) is 14.7. The standard InChI is InChI=1S/C33H38N4O12S2/c1-44-27-16-23(14-25(38)31(27)46-3)21-8-10-29(34-18-21)36-12-7-13-37(33(20-36,48-50(5,40)41)49-51(6,42)43)30-11-9-22(19-35-30)24-15-26(39)32(47-4)28(17-24)45-2/h8-11,14-19,38-39H,7,12-13,20H2,1-6H3. The first kappa shape index (κ1) is 37.2. The van der Waals surface area contributed by atoms with Crippen LogP contribution in [0.25, 0.3) is 22.3 Å². The van der Waals surface area contributed by atoms with E-state index in [1.165, 1.54) is 51.7 Å². The number of phenolic OH excluding ortho intramolecular Hbond substituents is 2. The number of aromatic nitrogens is 2. The van der Waals surface area contributed by atoms with Gasteiger partial charge in [-0.2, -0.15) is 16.8 Å². The van der Waals surface area contributed by atoms with Crippen molar-refractivity contribution in [3.8, 4) is 56.8 Å². The average Bonchev–Trinajstić information content (AvgIpc) is 3.24. The Bertz CT molecular complexity index is 2060. The van der Waals surface area contributed by atoms with Gasteiger partial charge in [-0.05, 0) is 66.1 Å². The van der Waals surface area contributed by atoms with Crippen molar-refractivity contribution in [3.05, 3.63) is 60.9 Å². The maximum Gasteiger partial charge on any atom is 0.301 e. The predicted octanol–water partition coefficient (Wildman–Crippen LogP) is 3.58. The molecule has 0 saturated carbocycles. The van der Waals surface area contributed by atoms with E-state index in [4.69, 9.17) is 27.3 Å². The van der Waals surface area contributed by atoms with E-state index in [-0.39, 0.29) is 41.1 Å². The van der Waals surface area contributed by atoms with Gasteiger partial charge in [0.25, 0.3) is 20.2 Å². The highest BCUT2D eigenvalue weighted by Crippen LogP contribution is 2.42. The van der Waals surface area contributed by atoms with E-state index >= 15 is 0 Å². The number of hydrogen-bond acceptors (Lipinski definition) is 16. The first-order chi connectivity index (χ1) is 24.1. The number of hydrogen-bond donors (Lipinski definition) is 2. The molecule has 1 fully saturated rings. The predicted molar refractivity (Wildman–Crippen MR) is 188 cm³/mol. The zero-order valence-corrected chi connectivity index (χ0v) is 30.3. The molecule has 51 heavy (non-hydrogen) atoms. The van der Waals surface area contributed by atoms with Crippen molar-refractivity contribution in [2.75, 3.05) is 70.4 Å². The molecule has 1 aliphatic heterocycles. The lowest BCUT2D eigenvalue weighted by atomic mass is 10.1. The molecule has 2 N–H and O–H groups in total. The van der Waals surface area contributed by atoms with Crippen LogP contribution in [0, 0.1) is 0 Å². The Kier molecular flexibility index (Phi) is 10.7. The summed E-state index contributed by atoms with van der Waals surface area (Å²) in [5.41, 5.74) is 2.29. The molecule has 18 heteroatoms. The van der Waals surface area contributed by atoms with Gasteiger partial charge in [0, 0.05) is 36.6 Å². The molecular weight excluding hydrogens is 709 g/mol. The molecule has 0 amide bonds. The van der Waals surface area contributed by atoms with Crippen LogP contribution in [0.1, 0.15) is 6.42 Å². The van der Waals surface area contributed by atoms with Crippen molar-refractivity contribution in [1.82, 2.24) is 9.97 Å². The lowest BCUT2D eigenvalue weighted by Gasteiger charge is -2.41. The Morgan fingerprint density at radius 3 is 1.51 bits per heavy atom. The molecule has 0 spiro atoms. The molecule has 1 aliphatic rings. The van der Waals surface area contributed by atoms with Crippen molar-refractivity contribution < 1.29 is 54.4 Å². The third kappa shape index (κ3) is 8.30. The summed E-state index contributed by atoms with van der Waals surface area (Å²) in [5.74, 6) is -1.29. The van der Waals surface area contributed by atoms with Gasteiger partial charge in [0.2, 0.25) is 11.5 Å². The number of methoxy groups -OCH3 is 4. The molecule has 16 nitrogen and oxygen atoms in total. The topological polar surface area (TPSA) is 196 Å². The number of ether oxygens (including phenoxy) is 4. The largest absolute Gasteiger partial charge is 0.504 e. The zero-order chi connectivity index (χ0) is 37.1. The van der Waals surface area contributed by atoms with Gasteiger partial charge in [-0.25, -0.2) is 18.3 Å². The summed E-state index contributed by atoms with van der Waals surface area (Å²) in [6.45, 7) is -0.0668. The molecule has 0 atom stereocenters. The van der Waals surface area contributed by atoms with Gasteiger partial charge >= 0.3 is 5.91 Å². The SMILES string of the molecule is COc1cc(-c2ccc(N3CCCN(c4ccc(-c5cc(O)c(OC)c(OC)c5)cn4)C(OS(C)(=O)=O)(OS(C)(=O)=O)C3)nc2)cc(O)c1OC. The van der Waals surface area contributed by atoms with Crippen molar-refractivity contribution in [2.24, 2.45) is 0 Å². The summed E-state index contributed by atoms with van der Waals surface area (Å²) in [6.07, 6.45) is 4.97. The second-order valence-corrected chi connectivity index (χ2v) is 14.6. The van der Waals surface area contributed by atoms with Crippen molar-refractivity contribution >= 4 is 31.9 Å². The van der Waals surface area contributed by atoms with Crippen LogP contribution in [0.5, 0.6) is 34.5 Å². The molecule has 0 unspecified atom stereocenters. The number of pyridine rings is 2. The number of rotatable bonds is 12. The van der Waals surface area contributed by atoms with Gasteiger partial charge in [-0.15, -0.1) is 0 Å². The van der Waals surface area contributed by atoms with Gasteiger partial charge in [-0.3, -0.25) is 0 Å². The summed E-state index contributed by atoms with van der Waals surface area (Å²) >= 11 is 0. The third-order valence-electron chi connectivity index (χ3n) is 7.86. The molecular formula is C33H38N4O12S2. The maximum absolute atomic E-state index is 12.8. The van der Waals surface area contributed by atoms with Crippen LogP contribution >= 0.6 is 0 Å². The van der Waals surface area contributed by atoms with Crippen molar-refractivity contribution in [2.45, 2.75) is 12.3 Å². The number of anilines is 2.